The van der Waals surface area contributed by atoms with Gasteiger partial charge in [-0.05, 0) is 36.4 Å². The number of benzene rings is 2. The number of anilines is 3. The Morgan fingerprint density at radius 3 is 2.24 bits per heavy atom. The molecule has 0 atom stereocenters. The molecular formula is C17H19N3O4S. The van der Waals surface area contributed by atoms with Crippen LogP contribution < -0.4 is 18.8 Å². The minimum atomic E-state index is -4.00. The molecule has 0 aliphatic carbocycles. The molecule has 7 nitrogen and oxygen atoms in total. The molecule has 0 bridgehead atoms. The Hall–Kier alpha value is -2.74. The third kappa shape index (κ3) is 2.68. The smallest absolute Gasteiger partial charge is 0.342 e. The molecule has 1 aliphatic heterocycles. The van der Waals surface area contributed by atoms with E-state index >= 15 is 0 Å². The van der Waals surface area contributed by atoms with Gasteiger partial charge >= 0.3 is 6.03 Å². The van der Waals surface area contributed by atoms with Crippen LogP contribution in [0.3, 0.4) is 0 Å². The summed E-state index contributed by atoms with van der Waals surface area (Å²) in [5.74, 6) is 0.484. The number of fused-ring (bicyclic) bond motifs is 1. The molecule has 25 heavy (non-hydrogen) atoms. The molecule has 0 radical (unpaired) electrons. The maximum Gasteiger partial charge on any atom is 0.342 e. The summed E-state index contributed by atoms with van der Waals surface area (Å²) >= 11 is 0. The van der Waals surface area contributed by atoms with Gasteiger partial charge in [-0.25, -0.2) is 13.2 Å². The van der Waals surface area contributed by atoms with Gasteiger partial charge in [0.05, 0.1) is 18.5 Å². The summed E-state index contributed by atoms with van der Waals surface area (Å²) in [6, 6.07) is 10.7. The Morgan fingerprint density at radius 2 is 1.68 bits per heavy atom. The number of ether oxygens (including phenoxy) is 1. The second-order valence-electron chi connectivity index (χ2n) is 5.86. The number of urea groups is 1. The van der Waals surface area contributed by atoms with Crippen molar-refractivity contribution in [2.75, 3.05) is 42.4 Å². The monoisotopic (exact) mass is 361 g/mol. The number of rotatable bonds is 3. The van der Waals surface area contributed by atoms with E-state index in [0.717, 1.165) is 9.99 Å². The van der Waals surface area contributed by atoms with Crippen LogP contribution in [0.1, 0.15) is 0 Å². The minimum absolute atomic E-state index is 0.0621. The first-order chi connectivity index (χ1) is 11.8. The van der Waals surface area contributed by atoms with Crippen LogP contribution in [0.25, 0.3) is 0 Å². The van der Waals surface area contributed by atoms with E-state index in [1.54, 1.807) is 30.3 Å². The van der Waals surface area contributed by atoms with Crippen LogP contribution in [0.15, 0.2) is 47.4 Å². The lowest BCUT2D eigenvalue weighted by Gasteiger charge is -2.34. The highest BCUT2D eigenvalue weighted by Gasteiger charge is 2.41. The fraction of sp³-hybridized carbons (Fsp3) is 0.235. The van der Waals surface area contributed by atoms with Crippen LogP contribution in [0.5, 0.6) is 5.75 Å². The molecule has 132 valence electrons. The third-order valence-electron chi connectivity index (χ3n) is 4.11. The minimum Gasteiger partial charge on any atom is -0.497 e. The van der Waals surface area contributed by atoms with E-state index in [4.69, 9.17) is 4.74 Å². The lowest BCUT2D eigenvalue weighted by atomic mass is 10.2. The van der Waals surface area contributed by atoms with Crippen molar-refractivity contribution in [3.63, 3.8) is 0 Å². The number of carbonyl (C=O) groups is 1. The van der Waals surface area contributed by atoms with Gasteiger partial charge in [0.2, 0.25) is 0 Å². The molecule has 0 aromatic heterocycles. The van der Waals surface area contributed by atoms with Crippen LogP contribution in [0.2, 0.25) is 0 Å². The number of amides is 2. The highest BCUT2D eigenvalue weighted by molar-refractivity contribution is 7.94. The summed E-state index contributed by atoms with van der Waals surface area (Å²) in [7, 11) is 2.79. The van der Waals surface area contributed by atoms with Gasteiger partial charge in [0.25, 0.3) is 10.0 Å². The van der Waals surface area contributed by atoms with Crippen LogP contribution >= 0.6 is 0 Å². The van der Waals surface area contributed by atoms with Gasteiger partial charge in [-0.2, -0.15) is 4.31 Å². The molecule has 8 heteroatoms. The molecule has 3 rings (SSSR count). The SMILES string of the molecule is COc1ccc2c(c1)N(C)C(=O)N(c1ccc(N(C)C)cc1)S2(=O)=O. The Labute approximate surface area is 147 Å². The summed E-state index contributed by atoms with van der Waals surface area (Å²) in [6.07, 6.45) is 0. The number of sulfonamides is 1. The van der Waals surface area contributed by atoms with Gasteiger partial charge in [0.15, 0.2) is 0 Å². The topological polar surface area (TPSA) is 70.2 Å². The predicted octanol–water partition coefficient (Wildman–Crippen LogP) is 2.53. The molecule has 0 saturated carbocycles. The number of carbonyl (C=O) groups excluding carboxylic acids is 1. The zero-order chi connectivity index (χ0) is 18.4. The largest absolute Gasteiger partial charge is 0.497 e. The van der Waals surface area contributed by atoms with E-state index < -0.39 is 16.1 Å². The summed E-state index contributed by atoms with van der Waals surface area (Å²) in [5, 5.41) is 0. The van der Waals surface area contributed by atoms with Crippen LogP contribution in [-0.4, -0.2) is 42.7 Å². The predicted molar refractivity (Wildman–Crippen MR) is 97.2 cm³/mol. The Bertz CT molecular complexity index is 923. The van der Waals surface area contributed by atoms with E-state index in [-0.39, 0.29) is 4.90 Å². The fourth-order valence-corrected chi connectivity index (χ4v) is 4.30. The Morgan fingerprint density at radius 1 is 1.04 bits per heavy atom. The summed E-state index contributed by atoms with van der Waals surface area (Å²) in [4.78, 5) is 16.0. The molecule has 2 amide bonds. The molecule has 2 aromatic rings. The van der Waals surface area contributed by atoms with E-state index in [9.17, 15) is 13.2 Å². The molecular weight excluding hydrogens is 342 g/mol. The molecule has 1 aliphatic rings. The van der Waals surface area contributed by atoms with Gasteiger partial charge in [-0.15, -0.1) is 0 Å². The van der Waals surface area contributed by atoms with Crippen molar-refractivity contribution in [2.45, 2.75) is 4.90 Å². The van der Waals surface area contributed by atoms with E-state index in [1.807, 2.05) is 19.0 Å². The first kappa shape index (κ1) is 17.1. The number of hydrogen-bond donors (Lipinski definition) is 0. The van der Waals surface area contributed by atoms with Gasteiger partial charge in [-0.3, -0.25) is 4.90 Å². The normalized spacial score (nSPS) is 15.8. The van der Waals surface area contributed by atoms with Gasteiger partial charge in [0.1, 0.15) is 10.6 Å². The molecule has 0 N–H and O–H groups in total. The van der Waals surface area contributed by atoms with Crippen LogP contribution in [0.4, 0.5) is 21.9 Å². The molecule has 0 saturated heterocycles. The van der Waals surface area contributed by atoms with E-state index in [0.29, 0.717) is 17.1 Å². The highest BCUT2D eigenvalue weighted by Crippen LogP contribution is 2.38. The van der Waals surface area contributed by atoms with Crippen molar-refractivity contribution >= 4 is 33.1 Å². The maximum absolute atomic E-state index is 13.0. The van der Waals surface area contributed by atoms with Crippen molar-refractivity contribution in [1.29, 1.82) is 0 Å². The number of nitrogens with zero attached hydrogens (tertiary/aromatic N) is 3. The molecule has 0 spiro atoms. The summed E-state index contributed by atoms with van der Waals surface area (Å²) in [5.41, 5.74) is 1.50. The van der Waals surface area contributed by atoms with Gasteiger partial charge in [-0.1, -0.05) is 0 Å². The second-order valence-corrected chi connectivity index (χ2v) is 7.61. The summed E-state index contributed by atoms with van der Waals surface area (Å²) in [6.45, 7) is 0. The van der Waals surface area contributed by atoms with E-state index in [2.05, 4.69) is 0 Å². The van der Waals surface area contributed by atoms with Gasteiger partial charge < -0.3 is 9.64 Å². The van der Waals surface area contributed by atoms with Crippen molar-refractivity contribution in [3.05, 3.63) is 42.5 Å². The quantitative estimate of drug-likeness (QED) is 0.840. The molecule has 2 aromatic carbocycles. The molecule has 0 fully saturated rings. The zero-order valence-electron chi connectivity index (χ0n) is 14.4. The number of hydrogen-bond acceptors (Lipinski definition) is 5. The Balaban J connectivity index is 2.14. The second kappa shape index (κ2) is 5.96. The van der Waals surface area contributed by atoms with Crippen LogP contribution in [0, 0.1) is 0 Å². The van der Waals surface area contributed by atoms with Crippen molar-refractivity contribution in [1.82, 2.24) is 0 Å². The maximum atomic E-state index is 13.0. The third-order valence-corrected chi connectivity index (χ3v) is 5.86. The van der Waals surface area contributed by atoms with Gasteiger partial charge in [0, 0.05) is 32.9 Å². The van der Waals surface area contributed by atoms with Crippen molar-refractivity contribution in [3.8, 4) is 5.75 Å². The number of methoxy groups -OCH3 is 1. The lowest BCUT2D eigenvalue weighted by Crippen LogP contribution is -2.49. The Kier molecular flexibility index (Phi) is 4.08. The summed E-state index contributed by atoms with van der Waals surface area (Å²) < 4.78 is 32.0. The fourth-order valence-electron chi connectivity index (χ4n) is 2.68. The lowest BCUT2D eigenvalue weighted by molar-refractivity contribution is 0.255. The van der Waals surface area contributed by atoms with Crippen LogP contribution in [-0.2, 0) is 10.0 Å². The first-order valence-corrected chi connectivity index (χ1v) is 9.00. The van der Waals surface area contributed by atoms with E-state index in [1.165, 1.54) is 31.2 Å². The average Bonchev–Trinajstić information content (AvgIpc) is 2.59. The molecule has 1 heterocycles. The first-order valence-electron chi connectivity index (χ1n) is 7.56. The van der Waals surface area contributed by atoms with Crippen molar-refractivity contribution in [2.24, 2.45) is 0 Å². The molecule has 0 unspecified atom stereocenters. The zero-order valence-corrected chi connectivity index (χ0v) is 15.2. The van der Waals surface area contributed by atoms with Crippen molar-refractivity contribution < 1.29 is 17.9 Å². The highest BCUT2D eigenvalue weighted by atomic mass is 32.2. The average molecular weight is 361 g/mol. The standard InChI is InChI=1S/C17H19N3O4S/c1-18(2)12-5-7-13(8-6-12)20-17(21)19(3)15-11-14(24-4)9-10-16(15)25(20,22)23/h5-11H,1-4H3.